The summed E-state index contributed by atoms with van der Waals surface area (Å²) in [7, 11) is 1.56. The first-order valence-electron chi connectivity index (χ1n) is 9.63. The fraction of sp³-hybridized carbons (Fsp3) is 0.318. The number of amides is 2. The fourth-order valence-corrected chi connectivity index (χ4v) is 3.09. The quantitative estimate of drug-likeness (QED) is 0.684. The van der Waals surface area contributed by atoms with Gasteiger partial charge in [0.1, 0.15) is 11.1 Å². The van der Waals surface area contributed by atoms with E-state index in [4.69, 9.17) is 9.72 Å². The molecule has 3 heterocycles. The van der Waals surface area contributed by atoms with Crippen LogP contribution in [0.3, 0.4) is 0 Å². The molecule has 8 nitrogen and oxygen atoms in total. The van der Waals surface area contributed by atoms with E-state index in [2.05, 4.69) is 20.6 Å². The molecule has 0 aliphatic heterocycles. The van der Waals surface area contributed by atoms with E-state index in [-0.39, 0.29) is 5.91 Å². The van der Waals surface area contributed by atoms with E-state index in [1.807, 2.05) is 6.07 Å². The molecule has 0 saturated heterocycles. The minimum absolute atomic E-state index is 0.313. The summed E-state index contributed by atoms with van der Waals surface area (Å²) in [5.41, 5.74) is 2.30. The van der Waals surface area contributed by atoms with Crippen LogP contribution in [0.1, 0.15) is 49.8 Å². The standard InChI is InChI=1S/C22H25N5O3/c1-13(26-21(29)30-22(2,3)4)18-16(14-9-6-7-11-24-14)17(20(28)23-5)19-15(27-18)10-8-12-25-19/h6-13H,1-5H3,(H,23,28)(H,26,29). The van der Waals surface area contributed by atoms with Crippen molar-refractivity contribution in [1.29, 1.82) is 0 Å². The third kappa shape index (κ3) is 4.53. The lowest BCUT2D eigenvalue weighted by atomic mass is 9.96. The van der Waals surface area contributed by atoms with Crippen molar-refractivity contribution in [3.8, 4) is 11.3 Å². The molecule has 3 aromatic heterocycles. The minimum atomic E-state index is -0.637. The molecule has 0 fully saturated rings. The van der Waals surface area contributed by atoms with Crippen LogP contribution >= 0.6 is 0 Å². The maximum absolute atomic E-state index is 12.9. The van der Waals surface area contributed by atoms with E-state index >= 15 is 0 Å². The molecule has 3 aromatic rings. The molecule has 30 heavy (non-hydrogen) atoms. The van der Waals surface area contributed by atoms with Gasteiger partial charge in [-0.3, -0.25) is 14.8 Å². The van der Waals surface area contributed by atoms with Crippen LogP contribution in [0.5, 0.6) is 0 Å². The van der Waals surface area contributed by atoms with Crippen LogP contribution in [0.2, 0.25) is 0 Å². The molecule has 156 valence electrons. The maximum Gasteiger partial charge on any atom is 0.408 e. The van der Waals surface area contributed by atoms with Crippen molar-refractivity contribution in [2.75, 3.05) is 7.05 Å². The molecule has 0 spiro atoms. The number of pyridine rings is 3. The van der Waals surface area contributed by atoms with Crippen LogP contribution in [0.4, 0.5) is 4.79 Å². The number of hydrogen-bond acceptors (Lipinski definition) is 6. The molecule has 8 heteroatoms. The number of aromatic nitrogens is 3. The second kappa shape index (κ2) is 8.44. The van der Waals surface area contributed by atoms with Gasteiger partial charge in [-0.25, -0.2) is 9.78 Å². The van der Waals surface area contributed by atoms with E-state index in [0.29, 0.717) is 33.5 Å². The highest BCUT2D eigenvalue weighted by Crippen LogP contribution is 2.33. The van der Waals surface area contributed by atoms with Crippen LogP contribution < -0.4 is 10.6 Å². The van der Waals surface area contributed by atoms with Gasteiger partial charge in [0, 0.05) is 25.0 Å². The summed E-state index contributed by atoms with van der Waals surface area (Å²) in [6, 6.07) is 8.39. The molecule has 0 aliphatic rings. The molecule has 2 N–H and O–H groups in total. The number of nitrogens with zero attached hydrogens (tertiary/aromatic N) is 3. The predicted octanol–water partition coefficient (Wildman–Crippen LogP) is 3.64. The first kappa shape index (κ1) is 21.2. The molecule has 0 radical (unpaired) electrons. The zero-order chi connectivity index (χ0) is 21.9. The average molecular weight is 407 g/mol. The number of hydrogen-bond donors (Lipinski definition) is 2. The topological polar surface area (TPSA) is 106 Å². The number of nitrogens with one attached hydrogen (secondary N) is 2. The first-order valence-corrected chi connectivity index (χ1v) is 9.63. The van der Waals surface area contributed by atoms with E-state index in [9.17, 15) is 9.59 Å². The number of alkyl carbamates (subject to hydrolysis) is 1. The van der Waals surface area contributed by atoms with Gasteiger partial charge in [0.15, 0.2) is 0 Å². The summed E-state index contributed by atoms with van der Waals surface area (Å²) in [6.07, 6.45) is 2.68. The number of rotatable bonds is 4. The van der Waals surface area contributed by atoms with Crippen molar-refractivity contribution in [2.45, 2.75) is 39.3 Å². The molecular weight excluding hydrogens is 382 g/mol. The summed E-state index contributed by atoms with van der Waals surface area (Å²) in [5.74, 6) is -0.313. The van der Waals surface area contributed by atoms with Crippen LogP contribution in [0.15, 0.2) is 42.7 Å². The van der Waals surface area contributed by atoms with Gasteiger partial charge in [0.25, 0.3) is 5.91 Å². The Balaban J connectivity index is 2.22. The Hall–Kier alpha value is -3.55. The average Bonchev–Trinajstić information content (AvgIpc) is 2.70. The number of carbonyl (C=O) groups excluding carboxylic acids is 2. The Morgan fingerprint density at radius 2 is 1.80 bits per heavy atom. The van der Waals surface area contributed by atoms with Gasteiger partial charge in [-0.15, -0.1) is 0 Å². The normalized spacial score (nSPS) is 12.3. The van der Waals surface area contributed by atoms with Crippen molar-refractivity contribution in [2.24, 2.45) is 0 Å². The summed E-state index contributed by atoms with van der Waals surface area (Å²) in [4.78, 5) is 38.8. The highest BCUT2D eigenvalue weighted by atomic mass is 16.6. The summed E-state index contributed by atoms with van der Waals surface area (Å²) < 4.78 is 5.38. The Labute approximate surface area is 175 Å². The van der Waals surface area contributed by atoms with Gasteiger partial charge in [-0.05, 0) is 52.0 Å². The molecule has 0 saturated carbocycles. The zero-order valence-electron chi connectivity index (χ0n) is 17.7. The third-order valence-corrected chi connectivity index (χ3v) is 4.29. The van der Waals surface area contributed by atoms with E-state index < -0.39 is 17.7 Å². The lowest BCUT2D eigenvalue weighted by molar-refractivity contribution is 0.0507. The fourth-order valence-electron chi connectivity index (χ4n) is 3.09. The molecule has 2 amide bonds. The van der Waals surface area contributed by atoms with E-state index in [1.165, 1.54) is 0 Å². The molecule has 0 aliphatic carbocycles. The second-order valence-corrected chi connectivity index (χ2v) is 7.78. The third-order valence-electron chi connectivity index (χ3n) is 4.29. The summed E-state index contributed by atoms with van der Waals surface area (Å²) in [5, 5.41) is 5.48. The van der Waals surface area contributed by atoms with Gasteiger partial charge >= 0.3 is 6.09 Å². The van der Waals surface area contributed by atoms with E-state index in [0.717, 1.165) is 0 Å². The minimum Gasteiger partial charge on any atom is -0.444 e. The van der Waals surface area contributed by atoms with Crippen LogP contribution in [0, 0.1) is 0 Å². The van der Waals surface area contributed by atoms with Gasteiger partial charge < -0.3 is 15.4 Å². The number of fused-ring (bicyclic) bond motifs is 1. The smallest absolute Gasteiger partial charge is 0.408 e. The predicted molar refractivity (Wildman–Crippen MR) is 114 cm³/mol. The van der Waals surface area contributed by atoms with Gasteiger partial charge in [-0.1, -0.05) is 6.07 Å². The van der Waals surface area contributed by atoms with Crippen molar-refractivity contribution in [1.82, 2.24) is 25.6 Å². The second-order valence-electron chi connectivity index (χ2n) is 7.78. The Morgan fingerprint density at radius 1 is 1.07 bits per heavy atom. The lowest BCUT2D eigenvalue weighted by Gasteiger charge is -2.23. The summed E-state index contributed by atoms with van der Waals surface area (Å²) in [6.45, 7) is 7.16. The SMILES string of the molecule is CNC(=O)c1c(-c2ccccn2)c(C(C)NC(=O)OC(C)(C)C)nc2cccnc12. The van der Waals surface area contributed by atoms with Gasteiger partial charge in [0.2, 0.25) is 0 Å². The molecule has 1 unspecified atom stereocenters. The van der Waals surface area contributed by atoms with Gasteiger partial charge in [-0.2, -0.15) is 0 Å². The maximum atomic E-state index is 12.9. The largest absolute Gasteiger partial charge is 0.444 e. The molecule has 1 atom stereocenters. The van der Waals surface area contributed by atoms with Crippen molar-refractivity contribution < 1.29 is 14.3 Å². The Morgan fingerprint density at radius 3 is 2.43 bits per heavy atom. The summed E-state index contributed by atoms with van der Waals surface area (Å²) >= 11 is 0. The highest BCUT2D eigenvalue weighted by molar-refractivity contribution is 6.10. The van der Waals surface area contributed by atoms with Crippen molar-refractivity contribution in [3.63, 3.8) is 0 Å². The molecule has 0 aromatic carbocycles. The lowest BCUT2D eigenvalue weighted by Crippen LogP contribution is -2.34. The van der Waals surface area contributed by atoms with Crippen molar-refractivity contribution in [3.05, 3.63) is 54.0 Å². The first-order chi connectivity index (χ1) is 14.2. The number of carbonyl (C=O) groups is 2. The monoisotopic (exact) mass is 407 g/mol. The van der Waals surface area contributed by atoms with Gasteiger partial charge in [0.05, 0.1) is 28.5 Å². The van der Waals surface area contributed by atoms with Crippen LogP contribution in [0.25, 0.3) is 22.3 Å². The number of ether oxygens (including phenoxy) is 1. The van der Waals surface area contributed by atoms with Crippen LogP contribution in [-0.4, -0.2) is 39.6 Å². The highest BCUT2D eigenvalue weighted by Gasteiger charge is 2.27. The van der Waals surface area contributed by atoms with Crippen LogP contribution in [-0.2, 0) is 4.74 Å². The van der Waals surface area contributed by atoms with E-state index in [1.54, 1.807) is 71.4 Å². The van der Waals surface area contributed by atoms with Crippen molar-refractivity contribution >= 4 is 23.0 Å². The Bertz CT molecular complexity index is 1080. The molecule has 0 bridgehead atoms. The zero-order valence-corrected chi connectivity index (χ0v) is 17.7. The Kier molecular flexibility index (Phi) is 5.96. The molecule has 3 rings (SSSR count). The molecular formula is C22H25N5O3.